The first-order valence-electron chi connectivity index (χ1n) is 3.99. The molecule has 15 heavy (non-hydrogen) atoms. The number of alkyl halides is 3. The van der Waals surface area contributed by atoms with Gasteiger partial charge in [-0.05, 0) is 6.07 Å². The number of hydrogen-bond acceptors (Lipinski definition) is 1. The largest absolute Gasteiger partial charge is 0.417 e. The van der Waals surface area contributed by atoms with E-state index in [1.165, 1.54) is 12.1 Å². The van der Waals surface area contributed by atoms with Gasteiger partial charge in [-0.15, -0.1) is 0 Å². The van der Waals surface area contributed by atoms with Gasteiger partial charge in [0.05, 0.1) is 5.56 Å². The van der Waals surface area contributed by atoms with E-state index < -0.39 is 29.6 Å². The van der Waals surface area contributed by atoms with E-state index in [1.807, 2.05) is 0 Å². The van der Waals surface area contributed by atoms with Crippen molar-refractivity contribution < 1.29 is 18.0 Å². The van der Waals surface area contributed by atoms with Crippen LogP contribution in [0, 0.1) is 6.57 Å². The summed E-state index contributed by atoms with van der Waals surface area (Å²) in [6.45, 7) is 5.87. The molecule has 2 nitrogen and oxygen atoms in total. The molecule has 0 heterocycles. The smallest absolute Gasteiger partial charge is 0.308 e. The van der Waals surface area contributed by atoms with Gasteiger partial charge in [0.25, 0.3) is 6.54 Å². The lowest BCUT2D eigenvalue weighted by atomic mass is 10.0. The van der Waals surface area contributed by atoms with Crippen molar-refractivity contribution in [2.75, 3.05) is 6.54 Å². The number of hydrogen-bond donors (Lipinski definition) is 0. The number of Topliss-reactive ketones (excluding diaryl/α,β-unsaturated/α-hetero) is 1. The summed E-state index contributed by atoms with van der Waals surface area (Å²) in [6, 6.07) is 4.46. The molecule has 5 heteroatoms. The zero-order valence-electron chi connectivity index (χ0n) is 7.51. The molecule has 0 aliphatic rings. The third kappa shape index (κ3) is 2.56. The molecule has 0 unspecified atom stereocenters. The molecule has 0 aromatic heterocycles. The van der Waals surface area contributed by atoms with E-state index in [9.17, 15) is 18.0 Å². The minimum Gasteiger partial charge on any atom is -0.308 e. The van der Waals surface area contributed by atoms with E-state index in [4.69, 9.17) is 6.57 Å². The van der Waals surface area contributed by atoms with Crippen LogP contribution in [0.4, 0.5) is 13.2 Å². The third-order valence-corrected chi connectivity index (χ3v) is 1.76. The van der Waals surface area contributed by atoms with E-state index in [-0.39, 0.29) is 0 Å². The maximum atomic E-state index is 12.4. The van der Waals surface area contributed by atoms with Gasteiger partial charge in [-0.3, -0.25) is 4.79 Å². The molecular formula is C10H6F3NO. The predicted octanol–water partition coefficient (Wildman–Crippen LogP) is 2.81. The number of nitrogens with zero attached hydrogens (tertiary/aromatic N) is 1. The van der Waals surface area contributed by atoms with Gasteiger partial charge in [0.2, 0.25) is 5.78 Å². The van der Waals surface area contributed by atoms with Gasteiger partial charge in [0, 0.05) is 5.56 Å². The van der Waals surface area contributed by atoms with Crippen LogP contribution in [0.2, 0.25) is 0 Å². The summed E-state index contributed by atoms with van der Waals surface area (Å²) < 4.78 is 37.3. The molecule has 1 rings (SSSR count). The monoisotopic (exact) mass is 213 g/mol. The highest BCUT2D eigenvalue weighted by molar-refractivity contribution is 6.00. The van der Waals surface area contributed by atoms with E-state index in [1.54, 1.807) is 0 Å². The molecule has 0 aliphatic carbocycles. The molecule has 1 aromatic carbocycles. The Bertz CT molecular complexity index is 417. The second kappa shape index (κ2) is 4.13. The molecular weight excluding hydrogens is 207 g/mol. The van der Waals surface area contributed by atoms with Gasteiger partial charge in [0.1, 0.15) is 0 Å². The summed E-state index contributed by atoms with van der Waals surface area (Å²) in [6.07, 6.45) is -4.56. The van der Waals surface area contributed by atoms with Crippen LogP contribution in [0.25, 0.3) is 4.85 Å². The molecule has 0 atom stereocenters. The Balaban J connectivity index is 3.20. The van der Waals surface area contributed by atoms with Crippen LogP contribution in [-0.2, 0) is 6.18 Å². The fraction of sp³-hybridized carbons (Fsp3) is 0.200. The molecule has 0 aliphatic heterocycles. The van der Waals surface area contributed by atoms with Crippen molar-refractivity contribution in [2.45, 2.75) is 6.18 Å². The van der Waals surface area contributed by atoms with Crippen LogP contribution in [0.3, 0.4) is 0 Å². The van der Waals surface area contributed by atoms with E-state index in [2.05, 4.69) is 4.85 Å². The number of carbonyl (C=O) groups excluding carboxylic acids is 1. The van der Waals surface area contributed by atoms with Crippen LogP contribution in [-0.4, -0.2) is 12.3 Å². The Morgan fingerprint density at radius 2 is 1.93 bits per heavy atom. The number of ketones is 1. The first kappa shape index (κ1) is 11.2. The minimum absolute atomic E-state index is 0.444. The fourth-order valence-electron chi connectivity index (χ4n) is 1.13. The number of benzene rings is 1. The van der Waals surface area contributed by atoms with Crippen molar-refractivity contribution in [3.8, 4) is 0 Å². The third-order valence-electron chi connectivity index (χ3n) is 1.76. The Hall–Kier alpha value is -1.83. The minimum atomic E-state index is -4.56. The fourth-order valence-corrected chi connectivity index (χ4v) is 1.13. The summed E-state index contributed by atoms with van der Waals surface area (Å²) >= 11 is 0. The second-order valence-electron chi connectivity index (χ2n) is 2.78. The molecule has 0 saturated heterocycles. The average Bonchev–Trinajstić information content (AvgIpc) is 2.17. The molecule has 0 spiro atoms. The Labute approximate surface area is 84.2 Å². The average molecular weight is 213 g/mol. The zero-order chi connectivity index (χ0) is 11.5. The maximum Gasteiger partial charge on any atom is 0.417 e. The highest BCUT2D eigenvalue weighted by atomic mass is 19.4. The summed E-state index contributed by atoms with van der Waals surface area (Å²) in [5, 5.41) is 0. The number of carbonyl (C=O) groups is 1. The van der Waals surface area contributed by atoms with E-state index in [0.717, 1.165) is 12.1 Å². The first-order chi connectivity index (χ1) is 6.96. The molecule has 0 N–H and O–H groups in total. The van der Waals surface area contributed by atoms with Gasteiger partial charge in [-0.25, -0.2) is 6.57 Å². The van der Waals surface area contributed by atoms with Gasteiger partial charge in [-0.1, -0.05) is 18.2 Å². The molecule has 0 saturated carbocycles. The van der Waals surface area contributed by atoms with Crippen molar-refractivity contribution in [2.24, 2.45) is 0 Å². The van der Waals surface area contributed by atoms with Crippen molar-refractivity contribution in [1.82, 2.24) is 0 Å². The van der Waals surface area contributed by atoms with Gasteiger partial charge in [-0.2, -0.15) is 13.2 Å². The summed E-state index contributed by atoms with van der Waals surface area (Å²) in [7, 11) is 0. The topological polar surface area (TPSA) is 21.4 Å². The molecule has 0 bridgehead atoms. The van der Waals surface area contributed by atoms with E-state index in [0.29, 0.717) is 0 Å². The predicted molar refractivity (Wildman–Crippen MR) is 47.2 cm³/mol. The van der Waals surface area contributed by atoms with Crippen LogP contribution in [0.1, 0.15) is 15.9 Å². The second-order valence-corrected chi connectivity index (χ2v) is 2.78. The highest BCUT2D eigenvalue weighted by Crippen LogP contribution is 2.31. The van der Waals surface area contributed by atoms with Gasteiger partial charge in [0.15, 0.2) is 0 Å². The number of rotatable bonds is 2. The zero-order valence-corrected chi connectivity index (χ0v) is 7.51. The van der Waals surface area contributed by atoms with E-state index >= 15 is 0 Å². The first-order valence-corrected chi connectivity index (χ1v) is 3.99. The highest BCUT2D eigenvalue weighted by Gasteiger charge is 2.35. The standard InChI is InChI=1S/C10H6F3NO/c1-14-6-9(15)7-4-2-3-5-8(7)10(11,12)13/h2-5H,6H2. The van der Waals surface area contributed by atoms with Crippen molar-refractivity contribution in [3.63, 3.8) is 0 Å². The molecule has 78 valence electrons. The van der Waals surface area contributed by atoms with Gasteiger partial charge >= 0.3 is 6.18 Å². The Kier molecular flexibility index (Phi) is 3.10. The van der Waals surface area contributed by atoms with Crippen molar-refractivity contribution >= 4 is 5.78 Å². The van der Waals surface area contributed by atoms with Gasteiger partial charge < -0.3 is 4.85 Å². The Morgan fingerprint density at radius 1 is 1.33 bits per heavy atom. The molecule has 0 amide bonds. The lowest BCUT2D eigenvalue weighted by molar-refractivity contribution is -0.137. The lowest BCUT2D eigenvalue weighted by Gasteiger charge is -2.09. The quantitative estimate of drug-likeness (QED) is 0.546. The van der Waals surface area contributed by atoms with Crippen molar-refractivity contribution in [3.05, 3.63) is 46.8 Å². The van der Waals surface area contributed by atoms with Crippen molar-refractivity contribution in [1.29, 1.82) is 0 Å². The molecule has 0 fully saturated rings. The summed E-state index contributed by atoms with van der Waals surface area (Å²) in [5.74, 6) is -0.807. The van der Waals surface area contributed by atoms with Crippen LogP contribution in [0.5, 0.6) is 0 Å². The Morgan fingerprint density at radius 3 is 2.47 bits per heavy atom. The SMILES string of the molecule is [C-]#[N+]CC(=O)c1ccccc1C(F)(F)F. The normalized spacial score (nSPS) is 10.8. The maximum absolute atomic E-state index is 12.4. The molecule has 1 aromatic rings. The molecule has 0 radical (unpaired) electrons. The summed E-state index contributed by atoms with van der Waals surface area (Å²) in [5.41, 5.74) is -1.43. The number of halogens is 3. The summed E-state index contributed by atoms with van der Waals surface area (Å²) in [4.78, 5) is 14.0. The van der Waals surface area contributed by atoms with Crippen LogP contribution in [0.15, 0.2) is 24.3 Å². The van der Waals surface area contributed by atoms with Crippen LogP contribution >= 0.6 is 0 Å². The van der Waals surface area contributed by atoms with Crippen LogP contribution < -0.4 is 0 Å². The lowest BCUT2D eigenvalue weighted by Crippen LogP contribution is -2.14.